The number of benzene rings is 2. The third-order valence-electron chi connectivity index (χ3n) is 3.71. The summed E-state index contributed by atoms with van der Waals surface area (Å²) in [6.07, 6.45) is 0.963. The quantitative estimate of drug-likeness (QED) is 0.811. The molecule has 3 rings (SSSR count). The highest BCUT2D eigenvalue weighted by molar-refractivity contribution is 5.73. The molecule has 0 spiro atoms. The van der Waals surface area contributed by atoms with Gasteiger partial charge in [0.15, 0.2) is 11.5 Å². The highest BCUT2D eigenvalue weighted by atomic mass is 16.7. The summed E-state index contributed by atoms with van der Waals surface area (Å²) in [7, 11) is 0. The minimum Gasteiger partial charge on any atom is -0.494 e. The molecule has 0 atom stereocenters. The lowest BCUT2D eigenvalue weighted by Crippen LogP contribution is -2.34. The van der Waals surface area contributed by atoms with Crippen LogP contribution >= 0.6 is 0 Å². The number of hydrogen-bond donors (Lipinski definition) is 2. The van der Waals surface area contributed by atoms with Gasteiger partial charge in [-0.05, 0) is 41.8 Å². The van der Waals surface area contributed by atoms with E-state index in [0.29, 0.717) is 25.4 Å². The van der Waals surface area contributed by atoms with Crippen molar-refractivity contribution in [3.05, 3.63) is 53.6 Å². The lowest BCUT2D eigenvalue weighted by atomic mass is 10.2. The van der Waals surface area contributed by atoms with Crippen molar-refractivity contribution >= 4 is 6.03 Å². The van der Waals surface area contributed by atoms with Crippen LogP contribution in [0.25, 0.3) is 0 Å². The van der Waals surface area contributed by atoms with Crippen molar-refractivity contribution in [2.24, 2.45) is 0 Å². The van der Waals surface area contributed by atoms with Gasteiger partial charge in [0.2, 0.25) is 6.79 Å². The van der Waals surface area contributed by atoms with E-state index in [-0.39, 0.29) is 12.8 Å². The van der Waals surface area contributed by atoms with Gasteiger partial charge in [-0.3, -0.25) is 0 Å². The minimum atomic E-state index is -0.224. The molecule has 0 saturated carbocycles. The van der Waals surface area contributed by atoms with E-state index < -0.39 is 0 Å². The standard InChI is InChI=1S/C19H22N2O4/c1-2-8-23-16-5-3-4-14(9-16)11-20-19(22)21-12-15-6-7-17-18(10-15)25-13-24-17/h3-7,9-10H,2,8,11-13H2,1H3,(H2,20,21,22). The second-order valence-electron chi connectivity index (χ2n) is 5.72. The van der Waals surface area contributed by atoms with Crippen LogP contribution in [0, 0.1) is 0 Å². The van der Waals surface area contributed by atoms with Gasteiger partial charge in [0.25, 0.3) is 0 Å². The van der Waals surface area contributed by atoms with Crippen LogP contribution in [0.2, 0.25) is 0 Å². The number of fused-ring (bicyclic) bond motifs is 1. The van der Waals surface area contributed by atoms with E-state index in [2.05, 4.69) is 17.6 Å². The van der Waals surface area contributed by atoms with Crippen molar-refractivity contribution in [3.8, 4) is 17.2 Å². The molecule has 25 heavy (non-hydrogen) atoms. The van der Waals surface area contributed by atoms with Crippen LogP contribution in [-0.4, -0.2) is 19.4 Å². The number of rotatable bonds is 7. The second kappa shape index (κ2) is 8.28. The molecule has 132 valence electrons. The molecule has 6 nitrogen and oxygen atoms in total. The summed E-state index contributed by atoms with van der Waals surface area (Å²) in [6, 6.07) is 13.1. The first kappa shape index (κ1) is 17.0. The fourth-order valence-corrected chi connectivity index (χ4v) is 2.44. The molecular weight excluding hydrogens is 320 g/mol. The van der Waals surface area contributed by atoms with Gasteiger partial charge < -0.3 is 24.8 Å². The average Bonchev–Trinajstić information content (AvgIpc) is 3.11. The van der Waals surface area contributed by atoms with Gasteiger partial charge in [-0.25, -0.2) is 4.79 Å². The molecule has 1 heterocycles. The fourth-order valence-electron chi connectivity index (χ4n) is 2.44. The van der Waals surface area contributed by atoms with Crippen molar-refractivity contribution < 1.29 is 19.0 Å². The van der Waals surface area contributed by atoms with Gasteiger partial charge in [-0.15, -0.1) is 0 Å². The number of ether oxygens (including phenoxy) is 3. The minimum absolute atomic E-state index is 0.224. The van der Waals surface area contributed by atoms with Crippen LogP contribution in [0.15, 0.2) is 42.5 Å². The molecule has 2 N–H and O–H groups in total. The Hall–Kier alpha value is -2.89. The van der Waals surface area contributed by atoms with Crippen LogP contribution in [0.5, 0.6) is 17.2 Å². The zero-order chi connectivity index (χ0) is 17.5. The summed E-state index contributed by atoms with van der Waals surface area (Å²) in [4.78, 5) is 12.0. The highest BCUT2D eigenvalue weighted by Crippen LogP contribution is 2.32. The Labute approximate surface area is 147 Å². The molecule has 0 bridgehead atoms. The maximum atomic E-state index is 12.0. The van der Waals surface area contributed by atoms with Gasteiger partial charge in [0.05, 0.1) is 6.61 Å². The third kappa shape index (κ3) is 4.79. The van der Waals surface area contributed by atoms with Gasteiger partial charge in [-0.1, -0.05) is 25.1 Å². The van der Waals surface area contributed by atoms with E-state index in [1.54, 1.807) is 0 Å². The van der Waals surface area contributed by atoms with Crippen molar-refractivity contribution in [2.45, 2.75) is 26.4 Å². The first-order valence-electron chi connectivity index (χ1n) is 8.36. The predicted octanol–water partition coefficient (Wildman–Crippen LogP) is 3.20. The van der Waals surface area contributed by atoms with Crippen LogP contribution in [0.4, 0.5) is 4.79 Å². The summed E-state index contributed by atoms with van der Waals surface area (Å²) in [5.74, 6) is 2.27. The molecule has 0 aliphatic carbocycles. The summed E-state index contributed by atoms with van der Waals surface area (Å²) in [6.45, 7) is 3.86. The van der Waals surface area contributed by atoms with Crippen LogP contribution < -0.4 is 24.8 Å². The Bertz CT molecular complexity index is 733. The smallest absolute Gasteiger partial charge is 0.315 e. The van der Waals surface area contributed by atoms with Crippen molar-refractivity contribution in [3.63, 3.8) is 0 Å². The van der Waals surface area contributed by atoms with E-state index in [1.807, 2.05) is 42.5 Å². The van der Waals surface area contributed by atoms with Gasteiger partial charge in [0, 0.05) is 13.1 Å². The zero-order valence-electron chi connectivity index (χ0n) is 14.2. The summed E-state index contributed by atoms with van der Waals surface area (Å²) >= 11 is 0. The molecule has 2 aromatic rings. The van der Waals surface area contributed by atoms with E-state index in [1.165, 1.54) is 0 Å². The Balaban J connectivity index is 1.45. The predicted molar refractivity (Wildman–Crippen MR) is 93.9 cm³/mol. The molecule has 2 aromatic carbocycles. The summed E-state index contributed by atoms with van der Waals surface area (Å²) in [5.41, 5.74) is 1.95. The van der Waals surface area contributed by atoms with E-state index in [9.17, 15) is 4.79 Å². The topological polar surface area (TPSA) is 68.8 Å². The number of urea groups is 1. The fraction of sp³-hybridized carbons (Fsp3) is 0.316. The zero-order valence-corrected chi connectivity index (χ0v) is 14.2. The van der Waals surface area contributed by atoms with E-state index in [4.69, 9.17) is 14.2 Å². The lowest BCUT2D eigenvalue weighted by molar-refractivity contribution is 0.174. The van der Waals surface area contributed by atoms with E-state index in [0.717, 1.165) is 29.0 Å². The number of nitrogens with one attached hydrogen (secondary N) is 2. The van der Waals surface area contributed by atoms with Crippen LogP contribution in [0.1, 0.15) is 24.5 Å². The van der Waals surface area contributed by atoms with Crippen LogP contribution in [-0.2, 0) is 13.1 Å². The lowest BCUT2D eigenvalue weighted by Gasteiger charge is -2.10. The summed E-state index contributed by atoms with van der Waals surface area (Å²) < 4.78 is 16.2. The first-order chi connectivity index (χ1) is 12.2. The van der Waals surface area contributed by atoms with Crippen LogP contribution in [0.3, 0.4) is 0 Å². The molecule has 0 fully saturated rings. The average molecular weight is 342 g/mol. The largest absolute Gasteiger partial charge is 0.494 e. The van der Waals surface area contributed by atoms with Gasteiger partial charge >= 0.3 is 6.03 Å². The number of amides is 2. The molecule has 2 amide bonds. The molecule has 0 unspecified atom stereocenters. The molecule has 6 heteroatoms. The maximum absolute atomic E-state index is 12.0. The van der Waals surface area contributed by atoms with Crippen molar-refractivity contribution in [1.29, 1.82) is 0 Å². The van der Waals surface area contributed by atoms with E-state index >= 15 is 0 Å². The number of carbonyl (C=O) groups is 1. The highest BCUT2D eigenvalue weighted by Gasteiger charge is 2.13. The van der Waals surface area contributed by atoms with Gasteiger partial charge in [0.1, 0.15) is 5.75 Å². The molecular formula is C19H22N2O4. The summed E-state index contributed by atoms with van der Waals surface area (Å²) in [5, 5.41) is 5.67. The third-order valence-corrected chi connectivity index (χ3v) is 3.71. The number of carbonyl (C=O) groups excluding carboxylic acids is 1. The SMILES string of the molecule is CCCOc1cccc(CNC(=O)NCc2ccc3c(c2)OCO3)c1. The Morgan fingerprint density at radius 2 is 1.80 bits per heavy atom. The van der Waals surface area contributed by atoms with Gasteiger partial charge in [-0.2, -0.15) is 0 Å². The Morgan fingerprint density at radius 3 is 2.60 bits per heavy atom. The van der Waals surface area contributed by atoms with Crippen molar-refractivity contribution in [2.75, 3.05) is 13.4 Å². The molecule has 0 radical (unpaired) electrons. The number of hydrogen-bond acceptors (Lipinski definition) is 4. The normalized spacial score (nSPS) is 11.9. The molecule has 1 aliphatic heterocycles. The monoisotopic (exact) mass is 342 g/mol. The Morgan fingerprint density at radius 1 is 1.04 bits per heavy atom. The second-order valence-corrected chi connectivity index (χ2v) is 5.72. The first-order valence-corrected chi connectivity index (χ1v) is 8.36. The van der Waals surface area contributed by atoms with Crippen molar-refractivity contribution in [1.82, 2.24) is 10.6 Å². The molecule has 1 aliphatic rings. The molecule has 0 saturated heterocycles. The maximum Gasteiger partial charge on any atom is 0.315 e. The Kier molecular flexibility index (Phi) is 5.61. The molecule has 0 aromatic heterocycles.